The minimum absolute atomic E-state index is 0.168. The monoisotopic (exact) mass is 329 g/mol. The number of hydrogen-bond acceptors (Lipinski definition) is 4. The van der Waals surface area contributed by atoms with Gasteiger partial charge in [-0.1, -0.05) is 6.07 Å². The second-order valence-electron chi connectivity index (χ2n) is 4.49. The Labute approximate surface area is 122 Å². The summed E-state index contributed by atoms with van der Waals surface area (Å²) in [6, 6.07) is 6.14. The summed E-state index contributed by atoms with van der Waals surface area (Å²) < 4.78 is 10.8. The van der Waals surface area contributed by atoms with E-state index in [4.69, 9.17) is 4.74 Å². The number of esters is 1. The maximum Gasteiger partial charge on any atom is 0.305 e. The van der Waals surface area contributed by atoms with Gasteiger partial charge in [0.05, 0.1) is 18.7 Å². The molecule has 0 aliphatic heterocycles. The molecule has 1 aromatic carbocycles. The molecule has 0 N–H and O–H groups in total. The van der Waals surface area contributed by atoms with Crippen molar-refractivity contribution < 1.29 is 14.3 Å². The molecule has 0 amide bonds. The molecule has 1 atom stereocenters. The minimum Gasteiger partial charge on any atom is -0.496 e. The fraction of sp³-hybridized carbons (Fsp3) is 0.500. The number of carbonyl (C=O) groups is 1. The van der Waals surface area contributed by atoms with E-state index in [-0.39, 0.29) is 12.0 Å². The fourth-order valence-electron chi connectivity index (χ4n) is 1.97. The van der Waals surface area contributed by atoms with Gasteiger partial charge in [0.1, 0.15) is 5.75 Å². The summed E-state index contributed by atoms with van der Waals surface area (Å²) in [6.07, 6.45) is 1.13. The van der Waals surface area contributed by atoms with Crippen molar-refractivity contribution in [2.24, 2.45) is 0 Å². The predicted octanol–water partition coefficient (Wildman–Crippen LogP) is 3.01. The highest BCUT2D eigenvalue weighted by atomic mass is 79.9. The molecule has 1 aromatic rings. The molecule has 4 nitrogen and oxygen atoms in total. The van der Waals surface area contributed by atoms with Crippen molar-refractivity contribution in [1.29, 1.82) is 0 Å². The molecule has 0 fully saturated rings. The van der Waals surface area contributed by atoms with Crippen LogP contribution in [-0.2, 0) is 9.53 Å². The molecule has 0 aliphatic carbocycles. The number of methoxy groups -OCH3 is 2. The van der Waals surface area contributed by atoms with Crippen molar-refractivity contribution >= 4 is 21.9 Å². The Morgan fingerprint density at radius 1 is 1.37 bits per heavy atom. The molecular formula is C14H20BrNO3. The molecule has 0 saturated heterocycles. The standard InChI is InChI=1S/C14H20BrNO3/c1-16(2)12(6-8-14(17)19-4)10-5-7-13(18-3)11(15)9-10/h5,7,9,12H,6,8H2,1-4H3. The van der Waals surface area contributed by atoms with Crippen LogP contribution in [0.5, 0.6) is 5.75 Å². The van der Waals surface area contributed by atoms with E-state index in [0.29, 0.717) is 6.42 Å². The first-order valence-corrected chi connectivity index (χ1v) is 6.85. The second kappa shape index (κ2) is 7.50. The highest BCUT2D eigenvalue weighted by Gasteiger charge is 2.17. The summed E-state index contributed by atoms with van der Waals surface area (Å²) >= 11 is 3.48. The number of halogens is 1. The molecule has 0 spiro atoms. The number of ether oxygens (including phenoxy) is 2. The zero-order valence-corrected chi connectivity index (χ0v) is 13.4. The smallest absolute Gasteiger partial charge is 0.305 e. The predicted molar refractivity (Wildman–Crippen MR) is 78.4 cm³/mol. The van der Waals surface area contributed by atoms with E-state index < -0.39 is 0 Å². The fourth-order valence-corrected chi connectivity index (χ4v) is 2.53. The lowest BCUT2D eigenvalue weighted by Gasteiger charge is -2.25. The molecule has 0 saturated carbocycles. The molecule has 1 unspecified atom stereocenters. The Morgan fingerprint density at radius 3 is 2.53 bits per heavy atom. The number of rotatable bonds is 6. The van der Waals surface area contributed by atoms with E-state index in [2.05, 4.69) is 25.6 Å². The lowest BCUT2D eigenvalue weighted by atomic mass is 10.0. The summed E-state index contributed by atoms with van der Waals surface area (Å²) in [5.74, 6) is 0.619. The molecule has 0 heterocycles. The van der Waals surface area contributed by atoms with Crippen LogP contribution in [0.1, 0.15) is 24.4 Å². The Balaban J connectivity index is 2.87. The van der Waals surface area contributed by atoms with Crippen molar-refractivity contribution in [3.05, 3.63) is 28.2 Å². The summed E-state index contributed by atoms with van der Waals surface area (Å²) in [4.78, 5) is 13.4. The Morgan fingerprint density at radius 2 is 2.05 bits per heavy atom. The lowest BCUT2D eigenvalue weighted by Crippen LogP contribution is -2.21. The van der Waals surface area contributed by atoms with E-state index in [1.54, 1.807) is 7.11 Å². The number of benzene rings is 1. The van der Waals surface area contributed by atoms with Crippen LogP contribution in [0.2, 0.25) is 0 Å². The van der Waals surface area contributed by atoms with Gasteiger partial charge in [-0.25, -0.2) is 0 Å². The van der Waals surface area contributed by atoms with Gasteiger partial charge in [-0.15, -0.1) is 0 Å². The maximum atomic E-state index is 11.3. The van der Waals surface area contributed by atoms with Crippen LogP contribution in [0.25, 0.3) is 0 Å². The first-order chi connectivity index (χ1) is 8.99. The Hall–Kier alpha value is -1.07. The van der Waals surface area contributed by atoms with E-state index in [9.17, 15) is 4.79 Å². The van der Waals surface area contributed by atoms with Gasteiger partial charge in [-0.2, -0.15) is 0 Å². The molecule has 19 heavy (non-hydrogen) atoms. The largest absolute Gasteiger partial charge is 0.496 e. The average Bonchev–Trinajstić information content (AvgIpc) is 2.38. The molecule has 5 heteroatoms. The SMILES string of the molecule is COC(=O)CCC(c1ccc(OC)c(Br)c1)N(C)C. The third-order valence-electron chi connectivity index (χ3n) is 3.03. The summed E-state index contributed by atoms with van der Waals surface area (Å²) in [5, 5.41) is 0. The van der Waals surface area contributed by atoms with Crippen LogP contribution in [0.4, 0.5) is 0 Å². The van der Waals surface area contributed by atoms with Gasteiger partial charge in [-0.3, -0.25) is 4.79 Å². The first-order valence-electron chi connectivity index (χ1n) is 6.06. The zero-order valence-electron chi connectivity index (χ0n) is 11.8. The van der Waals surface area contributed by atoms with E-state index in [1.807, 2.05) is 32.3 Å². The van der Waals surface area contributed by atoms with Gasteiger partial charge in [-0.05, 0) is 54.1 Å². The quantitative estimate of drug-likeness (QED) is 0.752. The average molecular weight is 330 g/mol. The van der Waals surface area contributed by atoms with Gasteiger partial charge in [0.2, 0.25) is 0 Å². The Kier molecular flexibility index (Phi) is 6.31. The van der Waals surface area contributed by atoms with Crippen molar-refractivity contribution in [2.75, 3.05) is 28.3 Å². The number of hydrogen-bond donors (Lipinski definition) is 0. The molecule has 0 radical (unpaired) electrons. The number of carbonyl (C=O) groups excluding carboxylic acids is 1. The van der Waals surface area contributed by atoms with Gasteiger partial charge in [0, 0.05) is 12.5 Å². The molecule has 106 valence electrons. The summed E-state index contributed by atoms with van der Waals surface area (Å²) in [5.41, 5.74) is 1.14. The highest BCUT2D eigenvalue weighted by Crippen LogP contribution is 2.31. The number of nitrogens with zero attached hydrogens (tertiary/aromatic N) is 1. The molecule has 0 aliphatic rings. The van der Waals surface area contributed by atoms with E-state index >= 15 is 0 Å². The molecule has 0 aromatic heterocycles. The van der Waals surface area contributed by atoms with Crippen LogP contribution in [-0.4, -0.2) is 39.2 Å². The zero-order chi connectivity index (χ0) is 14.4. The molecular weight excluding hydrogens is 310 g/mol. The maximum absolute atomic E-state index is 11.3. The van der Waals surface area contributed by atoms with Crippen molar-refractivity contribution in [1.82, 2.24) is 4.90 Å². The van der Waals surface area contributed by atoms with Crippen LogP contribution >= 0.6 is 15.9 Å². The lowest BCUT2D eigenvalue weighted by molar-refractivity contribution is -0.141. The van der Waals surface area contributed by atoms with Gasteiger partial charge in [0.25, 0.3) is 0 Å². The van der Waals surface area contributed by atoms with Gasteiger partial charge < -0.3 is 14.4 Å². The third-order valence-corrected chi connectivity index (χ3v) is 3.65. The Bertz CT molecular complexity index is 435. The van der Waals surface area contributed by atoms with Crippen LogP contribution in [0.3, 0.4) is 0 Å². The van der Waals surface area contributed by atoms with Gasteiger partial charge in [0.15, 0.2) is 0 Å². The molecule has 1 rings (SSSR count). The van der Waals surface area contributed by atoms with Crippen molar-refractivity contribution in [3.63, 3.8) is 0 Å². The summed E-state index contributed by atoms with van der Waals surface area (Å²) in [7, 11) is 7.05. The van der Waals surface area contributed by atoms with Crippen molar-refractivity contribution in [2.45, 2.75) is 18.9 Å². The van der Waals surface area contributed by atoms with Crippen LogP contribution in [0, 0.1) is 0 Å². The van der Waals surface area contributed by atoms with E-state index in [0.717, 1.165) is 22.2 Å². The first kappa shape index (κ1) is 16.0. The topological polar surface area (TPSA) is 38.8 Å². The highest BCUT2D eigenvalue weighted by molar-refractivity contribution is 9.10. The normalized spacial score (nSPS) is 12.3. The van der Waals surface area contributed by atoms with Crippen LogP contribution in [0.15, 0.2) is 22.7 Å². The van der Waals surface area contributed by atoms with Gasteiger partial charge >= 0.3 is 5.97 Å². The molecule has 0 bridgehead atoms. The third kappa shape index (κ3) is 4.51. The van der Waals surface area contributed by atoms with Crippen molar-refractivity contribution in [3.8, 4) is 5.75 Å². The second-order valence-corrected chi connectivity index (χ2v) is 5.34. The van der Waals surface area contributed by atoms with E-state index in [1.165, 1.54) is 7.11 Å². The van der Waals surface area contributed by atoms with Crippen LogP contribution < -0.4 is 4.74 Å². The minimum atomic E-state index is -0.181. The summed E-state index contributed by atoms with van der Waals surface area (Å²) in [6.45, 7) is 0.